The summed E-state index contributed by atoms with van der Waals surface area (Å²) < 4.78 is 32.4. The summed E-state index contributed by atoms with van der Waals surface area (Å²) in [6, 6.07) is 0. The first-order valence-corrected chi connectivity index (χ1v) is 5.83. The Balaban J connectivity index is 0.00000169. The van der Waals surface area contributed by atoms with Gasteiger partial charge in [-0.25, -0.2) is 8.42 Å². The van der Waals surface area contributed by atoms with Crippen LogP contribution in [-0.4, -0.2) is 23.0 Å². The van der Waals surface area contributed by atoms with Gasteiger partial charge in [-0.2, -0.15) is 0 Å². The van der Waals surface area contributed by atoms with Crippen LogP contribution in [0.3, 0.4) is 0 Å². The fraction of sp³-hybridized carbons (Fsp3) is 1.00. The molecule has 0 radical (unpaired) electrons. The predicted molar refractivity (Wildman–Crippen MR) is 46.8 cm³/mol. The van der Waals surface area contributed by atoms with E-state index in [1.54, 1.807) is 0 Å². The Bertz CT molecular complexity index is 278. The average Bonchev–Trinajstić information content (AvgIpc) is 1.79. The summed E-state index contributed by atoms with van der Waals surface area (Å²) in [7, 11) is -4.59. The third-order valence-corrected chi connectivity index (χ3v) is 3.87. The second kappa shape index (κ2) is 4.80. The molecule has 1 aliphatic carbocycles. The fourth-order valence-electron chi connectivity index (χ4n) is 2.23. The van der Waals surface area contributed by atoms with Gasteiger partial charge in [0.15, 0.2) is 4.93 Å². The van der Waals surface area contributed by atoms with E-state index in [9.17, 15) is 18.1 Å². The van der Waals surface area contributed by atoms with Crippen molar-refractivity contribution in [2.24, 2.45) is 11.8 Å². The molecule has 1 saturated carbocycles. The Morgan fingerprint density at radius 2 is 1.64 bits per heavy atom. The Hall–Kier alpha value is 0.870. The number of hydrogen-bond donors (Lipinski definition) is 1. The molecule has 1 rings (SSSR count). The van der Waals surface area contributed by atoms with E-state index in [2.05, 4.69) is 0 Å². The molecular formula is C8H15NaO4S. The number of hydrogen-bond acceptors (Lipinski definition) is 4. The molecule has 0 aliphatic heterocycles. The normalized spacial score (nSPS) is 38.9. The van der Waals surface area contributed by atoms with Gasteiger partial charge in [-0.15, -0.1) is 0 Å². The molecule has 14 heavy (non-hydrogen) atoms. The fourth-order valence-corrected chi connectivity index (χ4v) is 3.21. The van der Waals surface area contributed by atoms with Crippen LogP contribution in [0.25, 0.3) is 0 Å². The van der Waals surface area contributed by atoms with E-state index >= 15 is 0 Å². The largest absolute Gasteiger partial charge is 1.00 e. The summed E-state index contributed by atoms with van der Waals surface area (Å²) >= 11 is 0. The van der Waals surface area contributed by atoms with E-state index in [-0.39, 0.29) is 54.2 Å². The van der Waals surface area contributed by atoms with Crippen LogP contribution in [0.15, 0.2) is 0 Å². The van der Waals surface area contributed by atoms with Crippen molar-refractivity contribution in [2.75, 3.05) is 0 Å². The second-order valence-corrected chi connectivity index (χ2v) is 5.92. The van der Waals surface area contributed by atoms with Crippen LogP contribution in [-0.2, 0) is 10.1 Å². The average molecular weight is 230 g/mol. The molecule has 1 fully saturated rings. The minimum Gasteiger partial charge on any atom is -0.746 e. The molecule has 6 heteroatoms. The first kappa shape index (κ1) is 14.9. The molecule has 0 amide bonds. The van der Waals surface area contributed by atoms with E-state index in [4.69, 9.17) is 0 Å². The van der Waals surface area contributed by atoms with Gasteiger partial charge in [-0.05, 0) is 31.1 Å². The maximum atomic E-state index is 10.8. The molecule has 0 spiro atoms. The molecule has 0 aromatic carbocycles. The van der Waals surface area contributed by atoms with Gasteiger partial charge in [0.2, 0.25) is 0 Å². The van der Waals surface area contributed by atoms with E-state index in [1.807, 2.05) is 13.8 Å². The quantitative estimate of drug-likeness (QED) is 0.405. The van der Waals surface area contributed by atoms with Gasteiger partial charge in [0.25, 0.3) is 0 Å². The van der Waals surface area contributed by atoms with Gasteiger partial charge in [0.05, 0.1) is 0 Å². The minimum atomic E-state index is -4.59. The van der Waals surface area contributed by atoms with Crippen LogP contribution < -0.4 is 29.6 Å². The van der Waals surface area contributed by atoms with E-state index in [1.165, 1.54) is 0 Å². The van der Waals surface area contributed by atoms with Crippen LogP contribution >= 0.6 is 0 Å². The molecule has 0 bridgehead atoms. The van der Waals surface area contributed by atoms with Crippen LogP contribution in [0, 0.1) is 11.8 Å². The zero-order valence-corrected chi connectivity index (χ0v) is 11.7. The third kappa shape index (κ3) is 3.18. The summed E-state index contributed by atoms with van der Waals surface area (Å²) in [5.41, 5.74) is 0. The number of aliphatic hydroxyl groups is 1. The molecule has 0 aromatic rings. The Labute approximate surface area is 107 Å². The van der Waals surface area contributed by atoms with Crippen LogP contribution in [0.1, 0.15) is 33.1 Å². The smallest absolute Gasteiger partial charge is 0.746 e. The second-order valence-electron chi connectivity index (χ2n) is 4.25. The first-order valence-electron chi connectivity index (χ1n) is 4.42. The molecule has 0 saturated heterocycles. The van der Waals surface area contributed by atoms with Gasteiger partial charge in [-0.3, -0.25) is 0 Å². The van der Waals surface area contributed by atoms with Gasteiger partial charge < -0.3 is 9.66 Å². The van der Waals surface area contributed by atoms with Crippen LogP contribution in [0.5, 0.6) is 0 Å². The minimum absolute atomic E-state index is 0. The zero-order chi connectivity index (χ0) is 10.3. The first-order chi connectivity index (χ1) is 5.74. The molecule has 2 atom stereocenters. The molecule has 1 aliphatic rings. The van der Waals surface area contributed by atoms with Crippen molar-refractivity contribution in [2.45, 2.75) is 38.0 Å². The van der Waals surface area contributed by atoms with Crippen molar-refractivity contribution in [1.29, 1.82) is 0 Å². The SMILES string of the molecule is CC1CC(C)CC(O)(S(=O)(=O)[O-])C1.[Na+]. The summed E-state index contributed by atoms with van der Waals surface area (Å²) in [6.45, 7) is 3.71. The molecule has 2 unspecified atom stereocenters. The third-order valence-electron chi connectivity index (χ3n) is 2.60. The van der Waals surface area contributed by atoms with Gasteiger partial charge in [-0.1, -0.05) is 13.8 Å². The van der Waals surface area contributed by atoms with Crippen molar-refractivity contribution < 1.29 is 47.6 Å². The molecule has 0 aromatic heterocycles. The van der Waals surface area contributed by atoms with Crippen molar-refractivity contribution in [3.63, 3.8) is 0 Å². The molecule has 1 N–H and O–H groups in total. The molecule has 0 heterocycles. The molecule has 78 valence electrons. The summed E-state index contributed by atoms with van der Waals surface area (Å²) in [6.07, 6.45) is 1.02. The summed E-state index contributed by atoms with van der Waals surface area (Å²) in [5.74, 6) is 0.190. The maximum Gasteiger partial charge on any atom is 1.00 e. The van der Waals surface area contributed by atoms with Crippen LogP contribution in [0.4, 0.5) is 0 Å². The van der Waals surface area contributed by atoms with Crippen LogP contribution in [0.2, 0.25) is 0 Å². The monoisotopic (exact) mass is 230 g/mol. The Morgan fingerprint density at radius 3 is 1.93 bits per heavy atom. The Morgan fingerprint density at radius 1 is 1.29 bits per heavy atom. The van der Waals surface area contributed by atoms with Gasteiger partial charge in [0, 0.05) is 0 Å². The summed E-state index contributed by atoms with van der Waals surface area (Å²) in [4.78, 5) is -2.02. The van der Waals surface area contributed by atoms with Crippen molar-refractivity contribution >= 4 is 10.1 Å². The van der Waals surface area contributed by atoms with E-state index in [0.717, 1.165) is 6.42 Å². The van der Waals surface area contributed by atoms with Gasteiger partial charge >= 0.3 is 29.6 Å². The topological polar surface area (TPSA) is 77.4 Å². The Kier molecular flexibility index (Phi) is 5.10. The maximum absolute atomic E-state index is 10.8. The van der Waals surface area contributed by atoms with Crippen molar-refractivity contribution in [3.8, 4) is 0 Å². The van der Waals surface area contributed by atoms with Crippen molar-refractivity contribution in [1.82, 2.24) is 0 Å². The molecule has 4 nitrogen and oxygen atoms in total. The molecular weight excluding hydrogens is 215 g/mol. The zero-order valence-electron chi connectivity index (χ0n) is 8.86. The van der Waals surface area contributed by atoms with E-state index < -0.39 is 15.1 Å². The van der Waals surface area contributed by atoms with Crippen molar-refractivity contribution in [3.05, 3.63) is 0 Å². The summed E-state index contributed by atoms with van der Waals surface area (Å²) in [5, 5.41) is 9.65. The predicted octanol–water partition coefficient (Wildman–Crippen LogP) is -2.32. The standard InChI is InChI=1S/C8H16O4S.Na/c1-6-3-7(2)5-8(9,4-6)13(10,11)12;/h6-7,9H,3-5H2,1-2H3,(H,10,11,12);/q;+1/p-1. The van der Waals surface area contributed by atoms with E-state index in [0.29, 0.717) is 0 Å². The van der Waals surface area contributed by atoms with Gasteiger partial charge in [0.1, 0.15) is 10.1 Å². The number of rotatable bonds is 1.